The van der Waals surface area contributed by atoms with Gasteiger partial charge in [-0.15, -0.1) is 0 Å². The van der Waals surface area contributed by atoms with Crippen LogP contribution in [0.3, 0.4) is 0 Å². The third-order valence-electron chi connectivity index (χ3n) is 4.88. The number of para-hydroxylation sites is 1. The lowest BCUT2D eigenvalue weighted by atomic mass is 10.0. The van der Waals surface area contributed by atoms with Gasteiger partial charge < -0.3 is 10.6 Å². The molecule has 27 heavy (non-hydrogen) atoms. The van der Waals surface area contributed by atoms with Crippen LogP contribution in [0.2, 0.25) is 0 Å². The second-order valence-corrected chi connectivity index (χ2v) is 7.13. The van der Waals surface area contributed by atoms with Crippen LogP contribution in [-0.2, 0) is 6.42 Å². The number of hydrogen-bond donors (Lipinski definition) is 1. The molecule has 1 aliphatic heterocycles. The Labute approximate surface area is 160 Å². The first kappa shape index (κ1) is 17.4. The highest BCUT2D eigenvalue weighted by molar-refractivity contribution is 6.38. The van der Waals surface area contributed by atoms with Gasteiger partial charge in [0.25, 0.3) is 0 Å². The van der Waals surface area contributed by atoms with Gasteiger partial charge in [0.1, 0.15) is 17.6 Å². The minimum absolute atomic E-state index is 0.0684. The minimum Gasteiger partial charge on any atom is -0.488 e. The average molecular weight is 357 g/mol. The predicted octanol–water partition coefficient (Wildman–Crippen LogP) is 3.49. The van der Waals surface area contributed by atoms with E-state index in [4.69, 9.17) is 10.6 Å². The number of aliphatic imine (C=N–C) groups is 1. The van der Waals surface area contributed by atoms with Crippen molar-refractivity contribution in [2.75, 3.05) is 6.54 Å². The van der Waals surface area contributed by atoms with Gasteiger partial charge in [0.2, 0.25) is 0 Å². The molecule has 0 radical (unpaired) electrons. The lowest BCUT2D eigenvalue weighted by Crippen LogP contribution is -2.18. The highest BCUT2D eigenvalue weighted by Gasteiger charge is 2.21. The van der Waals surface area contributed by atoms with Gasteiger partial charge >= 0.3 is 0 Å². The van der Waals surface area contributed by atoms with Gasteiger partial charge in [0.15, 0.2) is 0 Å². The second kappa shape index (κ2) is 7.67. The third-order valence-corrected chi connectivity index (χ3v) is 4.88. The Hall–Kier alpha value is -3.06. The molecule has 0 saturated heterocycles. The van der Waals surface area contributed by atoms with Crippen LogP contribution >= 0.6 is 0 Å². The summed E-state index contributed by atoms with van der Waals surface area (Å²) in [7, 11) is 0. The molecule has 4 nitrogen and oxygen atoms in total. The van der Waals surface area contributed by atoms with E-state index in [1.54, 1.807) is 6.21 Å². The van der Waals surface area contributed by atoms with Crippen molar-refractivity contribution in [3.8, 4) is 17.6 Å². The molecular formula is C23H23N3O. The summed E-state index contributed by atoms with van der Waals surface area (Å²) in [4.78, 5) is 4.53. The Kier molecular flexibility index (Phi) is 4.93. The molecule has 1 fully saturated rings. The maximum absolute atomic E-state index is 5.92. The molecule has 4 rings (SSSR count). The van der Waals surface area contributed by atoms with Crippen molar-refractivity contribution in [2.45, 2.75) is 32.3 Å². The monoisotopic (exact) mass is 357 g/mol. The number of fused-ring (bicyclic) bond motifs is 1. The minimum atomic E-state index is 0.0684. The van der Waals surface area contributed by atoms with Crippen molar-refractivity contribution in [1.29, 1.82) is 0 Å². The molecule has 0 bridgehead atoms. The van der Waals surface area contributed by atoms with Crippen molar-refractivity contribution < 1.29 is 4.74 Å². The summed E-state index contributed by atoms with van der Waals surface area (Å²) in [5.41, 5.74) is 5.02. The third kappa shape index (κ3) is 4.20. The summed E-state index contributed by atoms with van der Waals surface area (Å²) in [6.07, 6.45) is 5.17. The normalized spacial score (nSPS) is 18.7. The SMILES string of the molecule is Cc1cc(C#CC2CC2)ccc1/C(C=NCC1Cc2ccccc2O1)=N/N. The standard InChI is InChI=1S/C23H23N3O/c1-16-12-18(9-8-17-6-7-17)10-11-21(16)22(26-24)15-25-14-20-13-19-4-2-3-5-23(19)27-20/h2-5,10-12,15,17,20H,6-7,13-14,24H2,1H3/b25-15?,26-22+. The summed E-state index contributed by atoms with van der Waals surface area (Å²) in [6, 6.07) is 14.3. The molecule has 1 unspecified atom stereocenters. The van der Waals surface area contributed by atoms with Crippen LogP contribution in [0.1, 0.15) is 35.1 Å². The van der Waals surface area contributed by atoms with Crippen LogP contribution in [0, 0.1) is 24.7 Å². The molecule has 1 saturated carbocycles. The average Bonchev–Trinajstić information content (AvgIpc) is 3.42. The van der Waals surface area contributed by atoms with Crippen LogP contribution in [0.25, 0.3) is 0 Å². The van der Waals surface area contributed by atoms with E-state index in [1.165, 1.54) is 18.4 Å². The predicted molar refractivity (Wildman–Crippen MR) is 109 cm³/mol. The zero-order valence-electron chi connectivity index (χ0n) is 15.5. The molecule has 0 amide bonds. The Morgan fingerprint density at radius 2 is 2.11 bits per heavy atom. The van der Waals surface area contributed by atoms with E-state index in [2.05, 4.69) is 34.1 Å². The second-order valence-electron chi connectivity index (χ2n) is 7.13. The summed E-state index contributed by atoms with van der Waals surface area (Å²) < 4.78 is 5.92. The fraction of sp³-hybridized carbons (Fsp3) is 0.304. The summed E-state index contributed by atoms with van der Waals surface area (Å²) in [5, 5.41) is 3.93. The Morgan fingerprint density at radius 3 is 2.85 bits per heavy atom. The first-order valence-corrected chi connectivity index (χ1v) is 9.38. The Bertz CT molecular complexity index is 936. The fourth-order valence-electron chi connectivity index (χ4n) is 3.23. The van der Waals surface area contributed by atoms with E-state index in [0.717, 1.165) is 28.9 Å². The summed E-state index contributed by atoms with van der Waals surface area (Å²) in [5.74, 6) is 13.7. The van der Waals surface area contributed by atoms with Gasteiger partial charge in [-0.1, -0.05) is 36.1 Å². The quantitative estimate of drug-likeness (QED) is 0.394. The number of benzene rings is 2. The smallest absolute Gasteiger partial charge is 0.123 e. The first-order chi connectivity index (χ1) is 13.2. The van der Waals surface area contributed by atoms with Crippen molar-refractivity contribution in [3.63, 3.8) is 0 Å². The molecule has 1 heterocycles. The van der Waals surface area contributed by atoms with Gasteiger partial charge in [-0.2, -0.15) is 5.10 Å². The molecule has 0 aromatic heterocycles. The molecule has 4 heteroatoms. The summed E-state index contributed by atoms with van der Waals surface area (Å²) >= 11 is 0. The topological polar surface area (TPSA) is 60.0 Å². The number of hydrogen-bond acceptors (Lipinski definition) is 4. The van der Waals surface area contributed by atoms with Crippen molar-refractivity contribution in [3.05, 3.63) is 64.7 Å². The molecule has 1 atom stereocenters. The van der Waals surface area contributed by atoms with Crippen LogP contribution in [0.15, 0.2) is 52.6 Å². The van der Waals surface area contributed by atoms with Gasteiger partial charge in [-0.05, 0) is 49.1 Å². The van der Waals surface area contributed by atoms with Gasteiger partial charge in [-0.25, -0.2) is 0 Å². The van der Waals surface area contributed by atoms with E-state index >= 15 is 0 Å². The number of aryl methyl sites for hydroxylation is 1. The zero-order chi connectivity index (χ0) is 18.6. The van der Waals surface area contributed by atoms with E-state index < -0.39 is 0 Å². The van der Waals surface area contributed by atoms with Gasteiger partial charge in [0.05, 0.1) is 6.54 Å². The van der Waals surface area contributed by atoms with Crippen LogP contribution < -0.4 is 10.6 Å². The van der Waals surface area contributed by atoms with E-state index in [0.29, 0.717) is 18.2 Å². The molecule has 0 spiro atoms. The Balaban J connectivity index is 1.40. The number of nitrogens with zero attached hydrogens (tertiary/aromatic N) is 2. The molecule has 2 aromatic carbocycles. The molecule has 2 aromatic rings. The first-order valence-electron chi connectivity index (χ1n) is 9.38. The lowest BCUT2D eigenvalue weighted by Gasteiger charge is -2.08. The van der Waals surface area contributed by atoms with Crippen LogP contribution in [0.4, 0.5) is 0 Å². The number of hydrazone groups is 1. The molecule has 136 valence electrons. The zero-order valence-corrected chi connectivity index (χ0v) is 15.5. The van der Waals surface area contributed by atoms with Crippen LogP contribution in [-0.4, -0.2) is 24.6 Å². The maximum Gasteiger partial charge on any atom is 0.123 e. The van der Waals surface area contributed by atoms with Gasteiger partial charge in [0, 0.05) is 29.7 Å². The van der Waals surface area contributed by atoms with Crippen molar-refractivity contribution >= 4 is 11.9 Å². The molecule has 1 aliphatic carbocycles. The van der Waals surface area contributed by atoms with Crippen molar-refractivity contribution in [1.82, 2.24) is 0 Å². The molecular weight excluding hydrogens is 334 g/mol. The van der Waals surface area contributed by atoms with Gasteiger partial charge in [-0.3, -0.25) is 4.99 Å². The maximum atomic E-state index is 5.92. The number of ether oxygens (including phenoxy) is 1. The van der Waals surface area contributed by atoms with Crippen molar-refractivity contribution in [2.24, 2.45) is 21.9 Å². The fourth-order valence-corrected chi connectivity index (χ4v) is 3.23. The van der Waals surface area contributed by atoms with Crippen LogP contribution in [0.5, 0.6) is 5.75 Å². The van der Waals surface area contributed by atoms with E-state index in [-0.39, 0.29) is 6.10 Å². The number of rotatable bonds is 4. The Morgan fingerprint density at radius 1 is 1.26 bits per heavy atom. The number of nitrogens with two attached hydrogens (primary N) is 1. The lowest BCUT2D eigenvalue weighted by molar-refractivity contribution is 0.242. The molecule has 2 aliphatic rings. The largest absolute Gasteiger partial charge is 0.488 e. The highest BCUT2D eigenvalue weighted by atomic mass is 16.5. The summed E-state index contributed by atoms with van der Waals surface area (Å²) in [6.45, 7) is 2.63. The van der Waals surface area contributed by atoms with E-state index in [1.807, 2.05) is 37.3 Å². The molecule has 2 N–H and O–H groups in total. The highest BCUT2D eigenvalue weighted by Crippen LogP contribution is 2.28. The van der Waals surface area contributed by atoms with E-state index in [9.17, 15) is 0 Å².